The van der Waals surface area contributed by atoms with Gasteiger partial charge in [0.1, 0.15) is 11.6 Å². The van der Waals surface area contributed by atoms with Gasteiger partial charge in [-0.05, 0) is 18.6 Å². The average molecular weight is 244 g/mol. The van der Waals surface area contributed by atoms with Crippen LogP contribution in [-0.2, 0) is 4.79 Å². The summed E-state index contributed by atoms with van der Waals surface area (Å²) in [7, 11) is 0. The van der Waals surface area contributed by atoms with Crippen LogP contribution in [0.5, 0.6) is 0 Å². The van der Waals surface area contributed by atoms with Crippen molar-refractivity contribution < 1.29 is 23.8 Å². The lowest BCUT2D eigenvalue weighted by Gasteiger charge is -2.19. The third kappa shape index (κ3) is 3.00. The Balaban J connectivity index is 3.09. The molecule has 17 heavy (non-hydrogen) atoms. The van der Waals surface area contributed by atoms with Crippen molar-refractivity contribution in [1.82, 2.24) is 0 Å². The molecule has 0 amide bonds. The Hall–Kier alpha value is -1.49. The van der Waals surface area contributed by atoms with Crippen LogP contribution in [0.15, 0.2) is 18.2 Å². The van der Waals surface area contributed by atoms with Crippen LogP contribution < -0.4 is 0 Å². The molecule has 1 rings (SSSR count). The van der Waals surface area contributed by atoms with E-state index in [9.17, 15) is 18.7 Å². The Morgan fingerprint density at radius 1 is 1.35 bits per heavy atom. The summed E-state index contributed by atoms with van der Waals surface area (Å²) in [5.41, 5.74) is -0.576. The zero-order valence-electron chi connectivity index (χ0n) is 9.36. The number of carbonyl (C=O) groups is 1. The second kappa shape index (κ2) is 5.72. The highest BCUT2D eigenvalue weighted by Gasteiger charge is 2.30. The smallest absolute Gasteiger partial charge is 0.309 e. The summed E-state index contributed by atoms with van der Waals surface area (Å²) in [6, 6.07) is 3.15. The topological polar surface area (TPSA) is 57.5 Å². The summed E-state index contributed by atoms with van der Waals surface area (Å²) in [6.07, 6.45) is -1.01. The van der Waals surface area contributed by atoms with E-state index < -0.39 is 35.2 Å². The third-order valence-corrected chi connectivity index (χ3v) is 2.59. The van der Waals surface area contributed by atoms with E-state index in [-0.39, 0.29) is 6.42 Å². The summed E-state index contributed by atoms with van der Waals surface area (Å²) in [4.78, 5) is 10.9. The maximum absolute atomic E-state index is 13.4. The fourth-order valence-electron chi connectivity index (χ4n) is 1.72. The predicted molar refractivity (Wildman–Crippen MR) is 57.4 cm³/mol. The van der Waals surface area contributed by atoms with Gasteiger partial charge in [-0.2, -0.15) is 0 Å². The highest BCUT2D eigenvalue weighted by molar-refractivity contribution is 5.71. The molecule has 0 aromatic heterocycles. The molecule has 5 heteroatoms. The minimum Gasteiger partial charge on any atom is -0.481 e. The lowest BCUT2D eigenvalue weighted by Crippen LogP contribution is -2.23. The Bertz CT molecular complexity index is 386. The first-order valence-electron chi connectivity index (χ1n) is 5.33. The van der Waals surface area contributed by atoms with Gasteiger partial charge >= 0.3 is 5.97 Å². The molecule has 94 valence electrons. The minimum atomic E-state index is -1.67. The monoisotopic (exact) mass is 244 g/mol. The molecule has 3 nitrogen and oxygen atoms in total. The van der Waals surface area contributed by atoms with Crippen LogP contribution in [0.2, 0.25) is 0 Å². The number of aliphatic hydroxyl groups excluding tert-OH is 1. The van der Waals surface area contributed by atoms with Crippen LogP contribution in [0.1, 0.15) is 31.4 Å². The molecule has 2 unspecified atom stereocenters. The molecule has 0 aliphatic rings. The third-order valence-electron chi connectivity index (χ3n) is 2.59. The van der Waals surface area contributed by atoms with Crippen LogP contribution in [0.4, 0.5) is 8.78 Å². The molecule has 0 saturated heterocycles. The van der Waals surface area contributed by atoms with Gasteiger partial charge in [0, 0.05) is 0 Å². The number of aliphatic hydroxyl groups is 1. The van der Waals surface area contributed by atoms with E-state index in [1.165, 1.54) is 0 Å². The van der Waals surface area contributed by atoms with Crippen molar-refractivity contribution in [2.24, 2.45) is 5.92 Å². The van der Waals surface area contributed by atoms with E-state index in [4.69, 9.17) is 5.11 Å². The van der Waals surface area contributed by atoms with Gasteiger partial charge in [0.05, 0.1) is 17.6 Å². The Kier molecular flexibility index (Phi) is 4.57. The highest BCUT2D eigenvalue weighted by Crippen LogP contribution is 2.29. The van der Waals surface area contributed by atoms with Crippen molar-refractivity contribution in [3.05, 3.63) is 35.4 Å². The summed E-state index contributed by atoms with van der Waals surface area (Å²) < 4.78 is 26.7. The molecule has 0 radical (unpaired) electrons. The molecule has 0 fully saturated rings. The number of benzene rings is 1. The van der Waals surface area contributed by atoms with Crippen LogP contribution >= 0.6 is 0 Å². The van der Waals surface area contributed by atoms with Crippen molar-refractivity contribution >= 4 is 5.97 Å². The van der Waals surface area contributed by atoms with E-state index in [1.807, 2.05) is 0 Å². The van der Waals surface area contributed by atoms with Crippen molar-refractivity contribution in [2.45, 2.75) is 25.9 Å². The maximum Gasteiger partial charge on any atom is 0.309 e. The van der Waals surface area contributed by atoms with Gasteiger partial charge in [0.15, 0.2) is 0 Å². The first-order valence-corrected chi connectivity index (χ1v) is 5.33. The molecule has 0 heterocycles. The number of carboxylic acid groups (broad SMARTS) is 1. The molecule has 0 spiro atoms. The summed E-state index contributed by atoms with van der Waals surface area (Å²) in [6.45, 7) is 1.74. The quantitative estimate of drug-likeness (QED) is 0.836. The van der Waals surface area contributed by atoms with Crippen molar-refractivity contribution in [1.29, 1.82) is 0 Å². The Labute approximate surface area is 97.7 Å². The lowest BCUT2D eigenvalue weighted by molar-refractivity contribution is -0.146. The lowest BCUT2D eigenvalue weighted by atomic mass is 9.91. The van der Waals surface area contributed by atoms with Crippen molar-refractivity contribution in [3.8, 4) is 0 Å². The molecule has 0 bridgehead atoms. The molecular weight excluding hydrogens is 230 g/mol. The number of hydrogen-bond donors (Lipinski definition) is 2. The van der Waals surface area contributed by atoms with E-state index in [2.05, 4.69) is 0 Å². The highest BCUT2D eigenvalue weighted by atomic mass is 19.1. The molecule has 1 aromatic carbocycles. The number of aliphatic carboxylic acids is 1. The number of carboxylic acids is 1. The second-order valence-corrected chi connectivity index (χ2v) is 3.81. The van der Waals surface area contributed by atoms with Crippen molar-refractivity contribution in [3.63, 3.8) is 0 Å². The first kappa shape index (κ1) is 13.6. The van der Waals surface area contributed by atoms with Gasteiger partial charge in [-0.1, -0.05) is 19.4 Å². The molecule has 0 aliphatic heterocycles. The number of halogens is 2. The standard InChI is InChI=1S/C12H14F2O3/c1-2-4-7(12(16)17)11(15)10-8(13)5-3-6-9(10)14/h3,5-7,11,15H,2,4H2,1H3,(H,16,17). The largest absolute Gasteiger partial charge is 0.481 e. The van der Waals surface area contributed by atoms with Crippen LogP contribution in [-0.4, -0.2) is 16.2 Å². The van der Waals surface area contributed by atoms with E-state index in [1.54, 1.807) is 6.92 Å². The predicted octanol–water partition coefficient (Wildman–Crippen LogP) is 2.50. The molecule has 2 atom stereocenters. The zero-order chi connectivity index (χ0) is 13.0. The molecule has 1 aromatic rings. The van der Waals surface area contributed by atoms with E-state index in [0.717, 1.165) is 18.2 Å². The number of hydrogen-bond acceptors (Lipinski definition) is 2. The van der Waals surface area contributed by atoms with Gasteiger partial charge < -0.3 is 10.2 Å². The SMILES string of the molecule is CCCC(C(=O)O)C(O)c1c(F)cccc1F. The average Bonchev–Trinajstić information content (AvgIpc) is 2.24. The first-order chi connectivity index (χ1) is 7.99. The normalized spacial score (nSPS) is 14.4. The van der Waals surface area contributed by atoms with Gasteiger partial charge in [0.25, 0.3) is 0 Å². The Morgan fingerprint density at radius 2 is 1.88 bits per heavy atom. The molecule has 2 N–H and O–H groups in total. The summed E-state index contributed by atoms with van der Waals surface area (Å²) >= 11 is 0. The minimum absolute atomic E-state index is 0.157. The van der Waals surface area contributed by atoms with Gasteiger partial charge in [-0.3, -0.25) is 4.79 Å². The molecular formula is C12H14F2O3. The fraction of sp³-hybridized carbons (Fsp3) is 0.417. The summed E-state index contributed by atoms with van der Waals surface area (Å²) in [5.74, 6) is -4.33. The van der Waals surface area contributed by atoms with Gasteiger partial charge in [-0.15, -0.1) is 0 Å². The van der Waals surface area contributed by atoms with Crippen LogP contribution in [0.25, 0.3) is 0 Å². The molecule has 0 saturated carbocycles. The van der Waals surface area contributed by atoms with Gasteiger partial charge in [0.2, 0.25) is 0 Å². The van der Waals surface area contributed by atoms with Gasteiger partial charge in [-0.25, -0.2) is 8.78 Å². The fourth-order valence-corrected chi connectivity index (χ4v) is 1.72. The van der Waals surface area contributed by atoms with Crippen LogP contribution in [0, 0.1) is 17.6 Å². The molecule has 0 aliphatic carbocycles. The summed E-state index contributed by atoms with van der Waals surface area (Å²) in [5, 5.41) is 18.7. The number of rotatable bonds is 5. The second-order valence-electron chi connectivity index (χ2n) is 3.81. The zero-order valence-corrected chi connectivity index (χ0v) is 9.36. The Morgan fingerprint density at radius 3 is 2.29 bits per heavy atom. The van der Waals surface area contributed by atoms with Crippen molar-refractivity contribution in [2.75, 3.05) is 0 Å². The van der Waals surface area contributed by atoms with E-state index >= 15 is 0 Å². The van der Waals surface area contributed by atoms with E-state index in [0.29, 0.717) is 6.42 Å². The van der Waals surface area contributed by atoms with Crippen LogP contribution in [0.3, 0.4) is 0 Å². The maximum atomic E-state index is 13.4.